The highest BCUT2D eigenvalue weighted by Gasteiger charge is 2.63. The Bertz CT molecular complexity index is 1210. The molecule has 2 aromatic heterocycles. The van der Waals surface area contributed by atoms with Crippen LogP contribution in [0.3, 0.4) is 0 Å². The average Bonchev–Trinajstić information content (AvgIpc) is 3.51. The molecule has 10 nitrogen and oxygen atoms in total. The van der Waals surface area contributed by atoms with Crippen LogP contribution in [-0.2, 0) is 14.3 Å². The largest absolute Gasteiger partial charge is 0.554 e. The number of ether oxygens (including phenoxy) is 2. The molecule has 0 saturated carbocycles. The molecule has 0 aliphatic carbocycles. The number of hydrogen-bond acceptors (Lipinski definition) is 8. The Kier molecular flexibility index (Phi) is 7.87. The lowest BCUT2D eigenvalue weighted by atomic mass is 9.84. The van der Waals surface area contributed by atoms with Crippen LogP contribution in [0.1, 0.15) is 25.4 Å². The quantitative estimate of drug-likeness (QED) is 0.284. The molecule has 4 heterocycles. The lowest BCUT2D eigenvalue weighted by Gasteiger charge is -2.46. The minimum atomic E-state index is -1.57. The fourth-order valence-electron chi connectivity index (χ4n) is 4.94. The Morgan fingerprint density at radius 1 is 1.24 bits per heavy atom. The number of aliphatic hydroxyl groups is 2. The summed E-state index contributed by atoms with van der Waals surface area (Å²) in [6.07, 6.45) is 3.36. The van der Waals surface area contributed by atoms with E-state index in [0.717, 1.165) is 12.1 Å². The molecular formula is C24H25F3N4O6. The van der Waals surface area contributed by atoms with Gasteiger partial charge >= 0.3 is 0 Å². The van der Waals surface area contributed by atoms with E-state index in [-0.39, 0.29) is 17.2 Å². The van der Waals surface area contributed by atoms with Gasteiger partial charge in [-0.05, 0) is 18.1 Å². The number of rotatable bonds is 4. The normalized spacial score (nSPS) is 29.1. The number of benzene rings is 1. The van der Waals surface area contributed by atoms with Gasteiger partial charge in [0.05, 0.1) is 19.4 Å². The van der Waals surface area contributed by atoms with Crippen molar-refractivity contribution in [2.24, 2.45) is 5.92 Å². The van der Waals surface area contributed by atoms with Crippen molar-refractivity contribution in [2.75, 3.05) is 13.2 Å². The van der Waals surface area contributed by atoms with Crippen LogP contribution >= 0.6 is 0 Å². The van der Waals surface area contributed by atoms with E-state index < -0.39 is 60.6 Å². The van der Waals surface area contributed by atoms with E-state index >= 15 is 0 Å². The molecule has 0 amide bonds. The highest BCUT2D eigenvalue weighted by molar-refractivity contribution is 5.57. The van der Waals surface area contributed by atoms with Gasteiger partial charge in [-0.15, -0.1) is 5.10 Å². The van der Waals surface area contributed by atoms with Crippen molar-refractivity contribution >= 4 is 6.47 Å². The Morgan fingerprint density at radius 2 is 1.89 bits per heavy atom. The second-order valence-electron chi connectivity index (χ2n) is 8.95. The first kappa shape index (κ1) is 26.7. The van der Waals surface area contributed by atoms with E-state index in [9.17, 15) is 23.4 Å². The summed E-state index contributed by atoms with van der Waals surface area (Å²) in [6.45, 7) is 1.49. The number of halogens is 3. The van der Waals surface area contributed by atoms with Crippen LogP contribution in [0, 0.1) is 23.4 Å². The number of pyridine rings is 1. The zero-order valence-electron chi connectivity index (χ0n) is 19.7. The lowest BCUT2D eigenvalue weighted by Crippen LogP contribution is -2.66. The van der Waals surface area contributed by atoms with Crippen LogP contribution in [0.15, 0.2) is 48.9 Å². The summed E-state index contributed by atoms with van der Waals surface area (Å²) in [4.78, 5) is 8.25. The second kappa shape index (κ2) is 10.9. The van der Waals surface area contributed by atoms with Crippen molar-refractivity contribution in [3.05, 3.63) is 66.4 Å². The fraction of sp³-hybridized carbons (Fsp3) is 0.417. The molecule has 2 N–H and O–H groups in total. The van der Waals surface area contributed by atoms with E-state index in [0.29, 0.717) is 13.0 Å². The molecule has 1 spiro atoms. The smallest absolute Gasteiger partial charge is 0.236 e. The van der Waals surface area contributed by atoms with Gasteiger partial charge < -0.3 is 29.6 Å². The van der Waals surface area contributed by atoms with Crippen LogP contribution in [0.2, 0.25) is 0 Å². The summed E-state index contributed by atoms with van der Waals surface area (Å²) in [7, 11) is 0. The molecule has 0 radical (unpaired) electrons. The molecule has 0 bridgehead atoms. The van der Waals surface area contributed by atoms with Gasteiger partial charge in [0.1, 0.15) is 23.9 Å². The van der Waals surface area contributed by atoms with Gasteiger partial charge in [0.15, 0.2) is 29.8 Å². The molecule has 5 rings (SSSR count). The minimum absolute atomic E-state index is 0.00715. The van der Waals surface area contributed by atoms with Crippen LogP contribution in [0.4, 0.5) is 13.2 Å². The van der Waals surface area contributed by atoms with Gasteiger partial charge in [-0.3, -0.25) is 0 Å². The number of carbonyl (C=O) groups excluding carboxylic acids is 1. The van der Waals surface area contributed by atoms with E-state index in [2.05, 4.69) is 10.3 Å². The topological polar surface area (TPSA) is 134 Å². The van der Waals surface area contributed by atoms with Crippen molar-refractivity contribution < 1.29 is 47.3 Å². The molecule has 6 atom stereocenters. The van der Waals surface area contributed by atoms with Crippen molar-refractivity contribution in [1.29, 1.82) is 0 Å². The average molecular weight is 522 g/mol. The second-order valence-corrected chi connectivity index (χ2v) is 8.95. The molecule has 1 aromatic carbocycles. The number of hydrogen-bond donors (Lipinski definition) is 2. The Balaban J connectivity index is 0.00000102. The minimum Gasteiger partial charge on any atom is -0.554 e. The highest BCUT2D eigenvalue weighted by Crippen LogP contribution is 2.48. The zero-order valence-corrected chi connectivity index (χ0v) is 19.7. The van der Waals surface area contributed by atoms with E-state index in [1.165, 1.54) is 10.9 Å². The predicted octanol–water partition coefficient (Wildman–Crippen LogP) is 0.303. The molecule has 2 saturated heterocycles. The SMILES string of the molecule is CC1CO[C@@]2(C1)O[C@H](CO)[C@H](O)[C@@H](n1cc(-c3cc(F)c(F)c(F)c3)nn1)[C@H]2[n+]1ccccc1.O=C[O-]. The summed E-state index contributed by atoms with van der Waals surface area (Å²) in [5.41, 5.74) is 0.0795. The van der Waals surface area contributed by atoms with Gasteiger partial charge in [-0.2, -0.15) is 4.57 Å². The first-order valence-corrected chi connectivity index (χ1v) is 11.4. The van der Waals surface area contributed by atoms with Gasteiger partial charge in [-0.1, -0.05) is 18.2 Å². The number of carbonyl (C=O) groups is 1. The number of nitrogens with zero attached hydrogens (tertiary/aromatic N) is 4. The summed E-state index contributed by atoms with van der Waals surface area (Å²) in [5, 5.41) is 37.6. The highest BCUT2D eigenvalue weighted by atomic mass is 19.2. The van der Waals surface area contributed by atoms with Gasteiger partial charge in [0.25, 0.3) is 0 Å². The Hall–Kier alpha value is -3.39. The number of carboxylic acid groups (broad SMARTS) is 1. The molecule has 37 heavy (non-hydrogen) atoms. The third-order valence-corrected chi connectivity index (χ3v) is 6.44. The third kappa shape index (κ3) is 5.07. The molecule has 3 aromatic rings. The van der Waals surface area contributed by atoms with Crippen LogP contribution in [-0.4, -0.2) is 62.9 Å². The molecule has 198 valence electrons. The van der Waals surface area contributed by atoms with E-state index in [1.807, 2.05) is 42.1 Å². The molecule has 2 aliphatic rings. The fourth-order valence-corrected chi connectivity index (χ4v) is 4.94. The molecule has 2 fully saturated rings. The van der Waals surface area contributed by atoms with Crippen molar-refractivity contribution in [1.82, 2.24) is 15.0 Å². The molecule has 1 unspecified atom stereocenters. The van der Waals surface area contributed by atoms with Crippen LogP contribution in [0.5, 0.6) is 0 Å². The van der Waals surface area contributed by atoms with Crippen molar-refractivity contribution in [3.63, 3.8) is 0 Å². The molecule has 13 heteroatoms. The monoisotopic (exact) mass is 522 g/mol. The first-order valence-electron chi connectivity index (χ1n) is 11.4. The van der Waals surface area contributed by atoms with Crippen molar-refractivity contribution in [2.45, 2.75) is 43.4 Å². The molecule has 2 aliphatic heterocycles. The summed E-state index contributed by atoms with van der Waals surface area (Å²) >= 11 is 0. The lowest BCUT2D eigenvalue weighted by molar-refractivity contribution is -0.759. The van der Waals surface area contributed by atoms with Crippen LogP contribution < -0.4 is 9.67 Å². The molecular weight excluding hydrogens is 497 g/mol. The zero-order chi connectivity index (χ0) is 26.7. The Labute approximate surface area is 209 Å². The third-order valence-electron chi connectivity index (χ3n) is 6.44. The maximum Gasteiger partial charge on any atom is 0.236 e. The standard InChI is InChI=1S/C23H24F3N4O4.CH2O2/c1-13-9-23(33-12-13)22(29-5-3-2-4-6-29)20(21(32)18(11-31)34-23)30-10-17(27-28-30)14-7-15(24)19(26)16(25)8-14;2-1-3/h2-8,10,13,18,20-22,31-32H,9,11-12H2,1H3;1H,(H,2,3)/q+1;/p-1/t13?,18-,20-,21+,22-,23+;/m1./s1. The van der Waals surface area contributed by atoms with Gasteiger partial charge in [-0.25, -0.2) is 17.9 Å². The van der Waals surface area contributed by atoms with Gasteiger partial charge in [0, 0.05) is 30.6 Å². The predicted molar refractivity (Wildman–Crippen MR) is 117 cm³/mol. The summed E-state index contributed by atoms with van der Waals surface area (Å²) < 4.78 is 56.6. The summed E-state index contributed by atoms with van der Waals surface area (Å²) in [5.74, 6) is -5.26. The maximum atomic E-state index is 13.8. The van der Waals surface area contributed by atoms with Gasteiger partial charge in [0.2, 0.25) is 11.8 Å². The van der Waals surface area contributed by atoms with Crippen LogP contribution in [0.25, 0.3) is 11.3 Å². The maximum absolute atomic E-state index is 13.8. The number of aromatic nitrogens is 4. The van der Waals surface area contributed by atoms with E-state index in [1.54, 1.807) is 0 Å². The van der Waals surface area contributed by atoms with E-state index in [4.69, 9.17) is 19.4 Å². The summed E-state index contributed by atoms with van der Waals surface area (Å²) in [6, 6.07) is 5.72. The number of aliphatic hydroxyl groups excluding tert-OH is 2. The Morgan fingerprint density at radius 3 is 2.46 bits per heavy atom. The van der Waals surface area contributed by atoms with Crippen molar-refractivity contribution in [3.8, 4) is 11.3 Å². The first-order chi connectivity index (χ1) is 17.7.